The monoisotopic (exact) mass is 553 g/mol. The number of rotatable bonds is 6. The lowest BCUT2D eigenvalue weighted by Crippen LogP contribution is -2.44. The smallest absolute Gasteiger partial charge is 0.239 e. The number of allylic oxidation sites excluding steroid dienone is 1. The SMILES string of the molecule is CC1(C)CC(=O)C2=C(C1)Nc1ccccc1N(CC(=O)NC1CCCC1)C2c1ccc(F)c(Oc2ccccc2)c1. The maximum Gasteiger partial charge on any atom is 0.239 e. The normalized spacial score (nSPS) is 20.1. The lowest BCUT2D eigenvalue weighted by Gasteiger charge is -2.38. The van der Waals surface area contributed by atoms with Crippen molar-refractivity contribution in [3.63, 3.8) is 0 Å². The lowest BCUT2D eigenvalue weighted by atomic mass is 9.73. The van der Waals surface area contributed by atoms with E-state index >= 15 is 4.39 Å². The van der Waals surface area contributed by atoms with Crippen LogP contribution in [0, 0.1) is 11.2 Å². The standard InChI is InChI=1S/C34H36FN3O3/c1-34(2)19-27-32(29(39)20-34)33(22-16-17-25(35)30(18-22)41-24-12-4-3-5-13-24)38(28-15-9-8-14-26(28)37-27)21-31(40)36-23-10-6-7-11-23/h3-5,8-9,12-18,23,33,37H,6-7,10-11,19-21H2,1-2H3,(H,36,40). The number of benzene rings is 3. The minimum absolute atomic E-state index is 0.0256. The van der Waals surface area contributed by atoms with Gasteiger partial charge in [0.1, 0.15) is 5.75 Å². The first-order chi connectivity index (χ1) is 19.8. The Morgan fingerprint density at radius 1 is 1.02 bits per heavy atom. The van der Waals surface area contributed by atoms with Crippen LogP contribution in [-0.2, 0) is 9.59 Å². The highest BCUT2D eigenvalue weighted by molar-refractivity contribution is 6.02. The molecule has 3 aliphatic rings. The number of fused-ring (bicyclic) bond motifs is 1. The maximum atomic E-state index is 15.1. The van der Waals surface area contributed by atoms with Crippen LogP contribution in [0.25, 0.3) is 0 Å². The average molecular weight is 554 g/mol. The van der Waals surface area contributed by atoms with Crippen molar-refractivity contribution in [2.45, 2.75) is 64.5 Å². The van der Waals surface area contributed by atoms with E-state index in [1.807, 2.05) is 47.4 Å². The number of nitrogens with zero attached hydrogens (tertiary/aromatic N) is 1. The molecule has 3 aromatic rings. The van der Waals surface area contributed by atoms with Crippen LogP contribution < -0.4 is 20.3 Å². The molecule has 6 nitrogen and oxygen atoms in total. The van der Waals surface area contributed by atoms with Crippen molar-refractivity contribution < 1.29 is 18.7 Å². The van der Waals surface area contributed by atoms with Gasteiger partial charge in [-0.2, -0.15) is 0 Å². The van der Waals surface area contributed by atoms with Gasteiger partial charge in [0.15, 0.2) is 17.3 Å². The second-order valence-corrected chi connectivity index (χ2v) is 12.2. The number of halogens is 1. The molecule has 1 heterocycles. The van der Waals surface area contributed by atoms with E-state index in [0.717, 1.165) is 42.8 Å². The third-order valence-corrected chi connectivity index (χ3v) is 8.28. The van der Waals surface area contributed by atoms with Crippen LogP contribution in [0.5, 0.6) is 11.5 Å². The van der Waals surface area contributed by atoms with E-state index in [2.05, 4.69) is 24.5 Å². The van der Waals surface area contributed by atoms with Gasteiger partial charge in [0.2, 0.25) is 5.91 Å². The molecule has 6 rings (SSSR count). The highest BCUT2D eigenvalue weighted by atomic mass is 19.1. The van der Waals surface area contributed by atoms with E-state index < -0.39 is 11.9 Å². The fourth-order valence-electron chi connectivity index (χ4n) is 6.46. The van der Waals surface area contributed by atoms with Crippen molar-refractivity contribution in [3.8, 4) is 11.5 Å². The van der Waals surface area contributed by atoms with E-state index in [1.165, 1.54) is 6.07 Å². The number of nitrogens with one attached hydrogen (secondary N) is 2. The summed E-state index contributed by atoms with van der Waals surface area (Å²) in [5, 5.41) is 6.78. The molecule has 7 heteroatoms. The van der Waals surface area contributed by atoms with Gasteiger partial charge in [-0.25, -0.2) is 4.39 Å². The van der Waals surface area contributed by atoms with E-state index in [1.54, 1.807) is 24.3 Å². The van der Waals surface area contributed by atoms with Gasteiger partial charge in [0.05, 0.1) is 24.0 Å². The van der Waals surface area contributed by atoms with Crippen LogP contribution in [0.4, 0.5) is 15.8 Å². The summed E-state index contributed by atoms with van der Waals surface area (Å²) in [6.07, 6.45) is 5.25. The van der Waals surface area contributed by atoms with Crippen LogP contribution in [0.2, 0.25) is 0 Å². The number of carbonyl (C=O) groups is 2. The van der Waals surface area contributed by atoms with Gasteiger partial charge in [0.25, 0.3) is 0 Å². The molecule has 2 aliphatic carbocycles. The van der Waals surface area contributed by atoms with Gasteiger partial charge in [-0.1, -0.05) is 63.1 Å². The van der Waals surface area contributed by atoms with Crippen LogP contribution in [0.3, 0.4) is 0 Å². The number of anilines is 2. The van der Waals surface area contributed by atoms with E-state index in [4.69, 9.17) is 4.74 Å². The molecule has 3 aromatic carbocycles. The molecule has 1 fully saturated rings. The molecule has 1 amide bonds. The molecule has 0 aromatic heterocycles. The van der Waals surface area contributed by atoms with Crippen molar-refractivity contribution in [1.29, 1.82) is 0 Å². The zero-order chi connectivity index (χ0) is 28.6. The molecule has 0 saturated heterocycles. The van der Waals surface area contributed by atoms with E-state index in [9.17, 15) is 9.59 Å². The molecule has 0 radical (unpaired) electrons. The van der Waals surface area contributed by atoms with Crippen molar-refractivity contribution in [3.05, 3.63) is 95.4 Å². The lowest BCUT2D eigenvalue weighted by molar-refractivity contribution is -0.121. The second-order valence-electron chi connectivity index (χ2n) is 12.2. The number of ether oxygens (including phenoxy) is 1. The molecule has 41 heavy (non-hydrogen) atoms. The first kappa shape index (κ1) is 27.1. The molecule has 2 N–H and O–H groups in total. The number of carbonyl (C=O) groups excluding carboxylic acids is 2. The first-order valence-electron chi connectivity index (χ1n) is 14.5. The fourth-order valence-corrected chi connectivity index (χ4v) is 6.46. The Bertz CT molecular complexity index is 1490. The summed E-state index contributed by atoms with van der Waals surface area (Å²) in [6, 6.07) is 21.2. The first-order valence-corrected chi connectivity index (χ1v) is 14.5. The zero-order valence-electron chi connectivity index (χ0n) is 23.6. The Morgan fingerprint density at radius 3 is 2.54 bits per heavy atom. The average Bonchev–Trinajstić information content (AvgIpc) is 3.40. The third-order valence-electron chi connectivity index (χ3n) is 8.28. The van der Waals surface area contributed by atoms with Crippen molar-refractivity contribution >= 4 is 23.1 Å². The summed E-state index contributed by atoms with van der Waals surface area (Å²) in [4.78, 5) is 29.5. The Hall–Kier alpha value is -4.13. The molecule has 0 bridgehead atoms. The van der Waals surface area contributed by atoms with Gasteiger partial charge in [-0.3, -0.25) is 9.59 Å². The highest BCUT2D eigenvalue weighted by Crippen LogP contribution is 2.48. The topological polar surface area (TPSA) is 70.7 Å². The number of Topliss-reactive ketones (excluding diaryl/α,β-unsaturated/α-hetero) is 1. The number of hydrogen-bond donors (Lipinski definition) is 2. The van der Waals surface area contributed by atoms with Gasteiger partial charge in [-0.05, 0) is 66.6 Å². The molecule has 1 atom stereocenters. The highest BCUT2D eigenvalue weighted by Gasteiger charge is 2.42. The summed E-state index contributed by atoms with van der Waals surface area (Å²) in [7, 11) is 0. The Balaban J connectivity index is 1.48. The summed E-state index contributed by atoms with van der Waals surface area (Å²) in [6.45, 7) is 4.25. The van der Waals surface area contributed by atoms with Crippen LogP contribution in [0.1, 0.15) is 64.0 Å². The molecule has 1 aliphatic heterocycles. The van der Waals surface area contributed by atoms with Gasteiger partial charge < -0.3 is 20.3 Å². The van der Waals surface area contributed by atoms with Crippen molar-refractivity contribution in [2.24, 2.45) is 5.41 Å². The predicted molar refractivity (Wildman–Crippen MR) is 159 cm³/mol. The molecular weight excluding hydrogens is 517 g/mol. The van der Waals surface area contributed by atoms with Crippen molar-refractivity contribution in [1.82, 2.24) is 5.32 Å². The zero-order valence-corrected chi connectivity index (χ0v) is 23.6. The fraction of sp³-hybridized carbons (Fsp3) is 0.353. The summed E-state index contributed by atoms with van der Waals surface area (Å²) in [5.41, 5.74) is 3.58. The van der Waals surface area contributed by atoms with Gasteiger partial charge in [-0.15, -0.1) is 0 Å². The minimum Gasteiger partial charge on any atom is -0.454 e. The summed E-state index contributed by atoms with van der Waals surface area (Å²) < 4.78 is 21.0. The maximum absolute atomic E-state index is 15.1. The molecule has 212 valence electrons. The molecule has 1 unspecified atom stereocenters. The third kappa shape index (κ3) is 5.71. The number of hydrogen-bond acceptors (Lipinski definition) is 5. The molecule has 0 spiro atoms. The molecular formula is C34H36FN3O3. The van der Waals surface area contributed by atoms with Crippen LogP contribution in [-0.4, -0.2) is 24.3 Å². The second kappa shape index (κ2) is 11.0. The summed E-state index contributed by atoms with van der Waals surface area (Å²) >= 11 is 0. The van der Waals surface area contributed by atoms with Crippen LogP contribution >= 0.6 is 0 Å². The van der Waals surface area contributed by atoms with E-state index in [-0.39, 0.29) is 35.4 Å². The van der Waals surface area contributed by atoms with Crippen LogP contribution in [0.15, 0.2) is 84.1 Å². The van der Waals surface area contributed by atoms with Gasteiger partial charge in [0, 0.05) is 23.7 Å². The quantitative estimate of drug-likeness (QED) is 0.335. The Morgan fingerprint density at radius 2 is 1.76 bits per heavy atom. The number of ketones is 1. The van der Waals surface area contributed by atoms with Crippen molar-refractivity contribution in [2.75, 3.05) is 16.8 Å². The van der Waals surface area contributed by atoms with E-state index in [0.29, 0.717) is 29.7 Å². The molecule has 1 saturated carbocycles. The Kier molecular flexibility index (Phi) is 7.28. The number of para-hydroxylation sites is 3. The van der Waals surface area contributed by atoms with Gasteiger partial charge >= 0.3 is 0 Å². The predicted octanol–water partition coefficient (Wildman–Crippen LogP) is 7.29. The number of amides is 1. The largest absolute Gasteiger partial charge is 0.454 e. The summed E-state index contributed by atoms with van der Waals surface area (Å²) in [5.74, 6) is 0.0188. The minimum atomic E-state index is -0.613. The Labute approximate surface area is 240 Å².